The van der Waals surface area contributed by atoms with Crippen LogP contribution in [0.1, 0.15) is 0 Å². The number of aliphatic hydroxyl groups is 1. The lowest BCUT2D eigenvalue weighted by atomic mass is 10.3. The number of amides is 1. The van der Waals surface area contributed by atoms with Gasteiger partial charge in [0.05, 0.1) is 7.11 Å². The summed E-state index contributed by atoms with van der Waals surface area (Å²) < 4.78 is 36.6. The molecule has 2 unspecified atom stereocenters. The average Bonchev–Trinajstić information content (AvgIpc) is 2.41. The average molecular weight is 336 g/mol. The zero-order valence-corrected chi connectivity index (χ0v) is 12.3. The molecule has 0 saturated carbocycles. The Balaban J connectivity index is 2.81. The highest BCUT2D eigenvalue weighted by Crippen LogP contribution is 2.26. The number of nitrogens with two attached hydrogens (primary N) is 1. The molecule has 0 aromatic heterocycles. The van der Waals surface area contributed by atoms with E-state index in [1.165, 1.54) is 13.2 Å². The molecule has 124 valence electrons. The summed E-state index contributed by atoms with van der Waals surface area (Å²) in [5.74, 6) is 0.605. The summed E-state index contributed by atoms with van der Waals surface area (Å²) in [6.45, 7) is -0.502. The van der Waals surface area contributed by atoms with Crippen LogP contribution in [0.3, 0.4) is 0 Å². The van der Waals surface area contributed by atoms with Gasteiger partial charge in [0.15, 0.2) is 23.8 Å². The highest BCUT2D eigenvalue weighted by molar-refractivity contribution is 7.84. The molecule has 1 amide bonds. The van der Waals surface area contributed by atoms with E-state index >= 15 is 0 Å². The maximum Gasteiger partial charge on any atom is 0.406 e. The third-order valence-electron chi connectivity index (χ3n) is 2.35. The van der Waals surface area contributed by atoms with Gasteiger partial charge >= 0.3 is 16.4 Å². The van der Waals surface area contributed by atoms with Gasteiger partial charge in [-0.3, -0.25) is 5.32 Å². The van der Waals surface area contributed by atoms with E-state index in [2.05, 4.69) is 4.18 Å². The molecule has 0 aliphatic rings. The quantitative estimate of drug-likeness (QED) is 0.451. The predicted molar refractivity (Wildman–Crippen MR) is 73.6 cm³/mol. The van der Waals surface area contributed by atoms with Crippen molar-refractivity contribution in [1.29, 1.82) is 0 Å². The van der Waals surface area contributed by atoms with E-state index in [4.69, 9.17) is 19.7 Å². The summed E-state index contributed by atoms with van der Waals surface area (Å²) in [5.41, 5.74) is 0. The molecule has 1 aromatic rings. The van der Waals surface area contributed by atoms with Gasteiger partial charge in [0, 0.05) is 0 Å². The Kier molecular flexibility index (Phi) is 6.37. The van der Waals surface area contributed by atoms with Crippen molar-refractivity contribution >= 4 is 16.4 Å². The third-order valence-corrected chi connectivity index (χ3v) is 2.87. The Morgan fingerprint density at radius 2 is 1.95 bits per heavy atom. The van der Waals surface area contributed by atoms with Crippen LogP contribution in [0.2, 0.25) is 0 Å². The molecule has 1 aromatic carbocycles. The Hall–Kier alpha value is -2.08. The lowest BCUT2D eigenvalue weighted by Crippen LogP contribution is -2.48. The number of rotatable bonds is 8. The second-order valence-electron chi connectivity index (χ2n) is 3.98. The number of benzene rings is 1. The molecule has 0 aliphatic heterocycles. The molecule has 0 fully saturated rings. The smallest absolute Gasteiger partial charge is 0.406 e. The standard InChI is InChI=1S/C11H16N2O8S/c1-19-7-4-2-3-5-8(7)20-6-9(21-22(12,17)18)10(14)13-11(15)16/h2-5,9-10,13-14H,6H2,1H3,(H,15,16)(H2,12,17,18). The zero-order chi connectivity index (χ0) is 16.8. The van der Waals surface area contributed by atoms with Crippen LogP contribution in [-0.4, -0.2) is 50.8 Å². The molecule has 11 heteroatoms. The van der Waals surface area contributed by atoms with Gasteiger partial charge in [-0.15, -0.1) is 0 Å². The molecular formula is C11H16N2O8S. The predicted octanol–water partition coefficient (Wildman–Crippen LogP) is -0.751. The van der Waals surface area contributed by atoms with Crippen LogP contribution in [0.5, 0.6) is 11.5 Å². The Bertz CT molecular complexity index is 606. The molecule has 0 aliphatic carbocycles. The molecular weight excluding hydrogens is 320 g/mol. The SMILES string of the molecule is COc1ccccc1OCC(OS(N)(=O)=O)C(O)NC(=O)O. The summed E-state index contributed by atoms with van der Waals surface area (Å²) in [6, 6.07) is 6.45. The fourth-order valence-electron chi connectivity index (χ4n) is 1.47. The van der Waals surface area contributed by atoms with Crippen molar-refractivity contribution in [2.45, 2.75) is 12.3 Å². The first-order valence-electron chi connectivity index (χ1n) is 5.87. The Morgan fingerprint density at radius 3 is 2.45 bits per heavy atom. The van der Waals surface area contributed by atoms with E-state index in [0.29, 0.717) is 5.75 Å². The number of carbonyl (C=O) groups is 1. The summed E-state index contributed by atoms with van der Waals surface area (Å²) in [7, 11) is -3.02. The molecule has 5 N–H and O–H groups in total. The Labute approximate surface area is 126 Å². The van der Waals surface area contributed by atoms with Gasteiger partial charge < -0.3 is 19.7 Å². The summed E-state index contributed by atoms with van der Waals surface area (Å²) in [5, 5.41) is 24.5. The van der Waals surface area contributed by atoms with Gasteiger partial charge in [-0.25, -0.2) is 14.1 Å². The van der Waals surface area contributed by atoms with Gasteiger partial charge in [0.2, 0.25) is 0 Å². The first-order valence-corrected chi connectivity index (χ1v) is 7.34. The number of methoxy groups -OCH3 is 1. The van der Waals surface area contributed by atoms with Crippen LogP contribution in [-0.2, 0) is 14.5 Å². The monoisotopic (exact) mass is 336 g/mol. The van der Waals surface area contributed by atoms with Crippen molar-refractivity contribution in [3.05, 3.63) is 24.3 Å². The van der Waals surface area contributed by atoms with E-state index < -0.39 is 35.3 Å². The Morgan fingerprint density at radius 1 is 1.36 bits per heavy atom. The summed E-state index contributed by atoms with van der Waals surface area (Å²) in [6.07, 6.45) is -5.03. The molecule has 0 bridgehead atoms. The lowest BCUT2D eigenvalue weighted by Gasteiger charge is -2.22. The number of nitrogens with one attached hydrogen (secondary N) is 1. The van der Waals surface area contributed by atoms with E-state index in [9.17, 15) is 18.3 Å². The topological polar surface area (TPSA) is 157 Å². The van der Waals surface area contributed by atoms with E-state index in [0.717, 1.165) is 0 Å². The first kappa shape index (κ1) is 18.0. The largest absolute Gasteiger partial charge is 0.493 e. The van der Waals surface area contributed by atoms with Gasteiger partial charge in [-0.1, -0.05) is 12.1 Å². The van der Waals surface area contributed by atoms with Crippen molar-refractivity contribution < 1.29 is 37.1 Å². The van der Waals surface area contributed by atoms with Gasteiger partial charge in [0.1, 0.15) is 6.61 Å². The van der Waals surface area contributed by atoms with Crippen molar-refractivity contribution in [3.63, 3.8) is 0 Å². The van der Waals surface area contributed by atoms with E-state index in [1.54, 1.807) is 23.5 Å². The fourth-order valence-corrected chi connectivity index (χ4v) is 1.98. The van der Waals surface area contributed by atoms with Crippen molar-refractivity contribution in [1.82, 2.24) is 5.32 Å². The molecule has 1 rings (SSSR count). The van der Waals surface area contributed by atoms with Crippen molar-refractivity contribution in [2.75, 3.05) is 13.7 Å². The number of hydrogen-bond acceptors (Lipinski definition) is 7. The van der Waals surface area contributed by atoms with Gasteiger partial charge in [-0.05, 0) is 12.1 Å². The highest BCUT2D eigenvalue weighted by atomic mass is 32.2. The molecule has 10 nitrogen and oxygen atoms in total. The van der Waals surface area contributed by atoms with Crippen LogP contribution in [0.4, 0.5) is 4.79 Å². The number of aliphatic hydroxyl groups excluding tert-OH is 1. The van der Waals surface area contributed by atoms with Crippen LogP contribution in [0.25, 0.3) is 0 Å². The maximum absolute atomic E-state index is 11.0. The number of ether oxygens (including phenoxy) is 2. The lowest BCUT2D eigenvalue weighted by molar-refractivity contribution is -0.00459. The summed E-state index contributed by atoms with van der Waals surface area (Å²) >= 11 is 0. The zero-order valence-electron chi connectivity index (χ0n) is 11.5. The van der Waals surface area contributed by atoms with Crippen molar-refractivity contribution in [2.24, 2.45) is 5.14 Å². The van der Waals surface area contributed by atoms with Crippen LogP contribution >= 0.6 is 0 Å². The summed E-state index contributed by atoms with van der Waals surface area (Å²) in [4.78, 5) is 10.5. The first-order chi connectivity index (χ1) is 10.2. The van der Waals surface area contributed by atoms with Gasteiger partial charge in [0.25, 0.3) is 0 Å². The number of para-hydroxylation sites is 2. The normalized spacial score (nSPS) is 14.0. The molecule has 0 saturated heterocycles. The minimum atomic E-state index is -4.43. The van der Waals surface area contributed by atoms with E-state index in [-0.39, 0.29) is 5.75 Å². The second kappa shape index (κ2) is 7.79. The third kappa shape index (κ3) is 6.13. The second-order valence-corrected chi connectivity index (χ2v) is 5.16. The van der Waals surface area contributed by atoms with Gasteiger partial charge in [-0.2, -0.15) is 8.42 Å². The van der Waals surface area contributed by atoms with Crippen molar-refractivity contribution in [3.8, 4) is 11.5 Å². The van der Waals surface area contributed by atoms with Crippen LogP contribution in [0, 0.1) is 0 Å². The minimum absolute atomic E-state index is 0.246. The molecule has 22 heavy (non-hydrogen) atoms. The molecule has 0 heterocycles. The maximum atomic E-state index is 11.0. The van der Waals surface area contributed by atoms with E-state index in [1.807, 2.05) is 0 Å². The highest BCUT2D eigenvalue weighted by Gasteiger charge is 2.27. The minimum Gasteiger partial charge on any atom is -0.493 e. The molecule has 0 spiro atoms. The molecule has 2 atom stereocenters. The molecule has 0 radical (unpaired) electrons. The fraction of sp³-hybridized carbons (Fsp3) is 0.364. The number of carboxylic acid groups (broad SMARTS) is 1. The number of hydrogen-bond donors (Lipinski definition) is 4. The van der Waals surface area contributed by atoms with Crippen LogP contribution in [0.15, 0.2) is 24.3 Å². The van der Waals surface area contributed by atoms with Crippen LogP contribution < -0.4 is 19.9 Å².